The molecule has 0 atom stereocenters. The van der Waals surface area contributed by atoms with Crippen LogP contribution in [-0.4, -0.2) is 54.6 Å². The number of Topliss-reactive ketones (excluding diaryl/α,β-unsaturated/α-hetero) is 1. The minimum Gasteiger partial charge on any atom is -0.481 e. The van der Waals surface area contributed by atoms with E-state index in [2.05, 4.69) is 12.1 Å². The van der Waals surface area contributed by atoms with Crippen molar-refractivity contribution in [3.05, 3.63) is 64.7 Å². The largest absolute Gasteiger partial charge is 0.481 e. The number of fused-ring (bicyclic) bond motifs is 1. The van der Waals surface area contributed by atoms with Crippen LogP contribution in [0, 0.1) is 5.92 Å². The number of rotatable bonds is 8. The van der Waals surface area contributed by atoms with Gasteiger partial charge in [-0.3, -0.25) is 9.59 Å². The molecule has 2 aromatic carbocycles. The van der Waals surface area contributed by atoms with Crippen molar-refractivity contribution in [3.8, 4) is 0 Å². The summed E-state index contributed by atoms with van der Waals surface area (Å²) in [6.45, 7) is 1.10. The van der Waals surface area contributed by atoms with Crippen LogP contribution in [0.1, 0.15) is 54.4 Å². The van der Waals surface area contributed by atoms with Crippen LogP contribution in [0.15, 0.2) is 42.5 Å². The molecule has 0 unspecified atom stereocenters. The highest BCUT2D eigenvalue weighted by molar-refractivity contribution is 5.83. The Morgan fingerprint density at radius 3 is 2.39 bits per heavy atom. The van der Waals surface area contributed by atoms with E-state index in [1.165, 1.54) is 5.56 Å². The first kappa shape index (κ1) is 25.7. The third-order valence-electron chi connectivity index (χ3n) is 7.30. The zero-order valence-electron chi connectivity index (χ0n) is 21.2. The second-order valence-corrected chi connectivity index (χ2v) is 10.4. The number of amides is 1. The average Bonchev–Trinajstić information content (AvgIpc) is 2.84. The highest BCUT2D eigenvalue weighted by Crippen LogP contribution is 2.29. The highest BCUT2D eigenvalue weighted by Gasteiger charge is 2.28. The van der Waals surface area contributed by atoms with Crippen molar-refractivity contribution in [2.24, 2.45) is 5.92 Å². The van der Waals surface area contributed by atoms with Crippen LogP contribution in [-0.2, 0) is 40.1 Å². The first-order valence-corrected chi connectivity index (χ1v) is 12.8. The van der Waals surface area contributed by atoms with Gasteiger partial charge in [0.25, 0.3) is 0 Å². The summed E-state index contributed by atoms with van der Waals surface area (Å²) in [6.07, 6.45) is 4.36. The molecule has 1 aliphatic heterocycles. The number of anilines is 1. The van der Waals surface area contributed by atoms with Crippen LogP contribution in [0.4, 0.5) is 10.5 Å². The molecule has 7 heteroatoms. The Bertz CT molecular complexity index is 1100. The van der Waals surface area contributed by atoms with E-state index in [1.807, 2.05) is 49.3 Å². The van der Waals surface area contributed by atoms with Crippen LogP contribution in [0.2, 0.25) is 0 Å². The smallest absolute Gasteiger partial charge is 0.410 e. The molecule has 1 amide bonds. The fourth-order valence-electron chi connectivity index (χ4n) is 5.25. The Morgan fingerprint density at radius 1 is 0.972 bits per heavy atom. The molecular formula is C29H36N2O5. The number of benzene rings is 2. The lowest BCUT2D eigenvalue weighted by Crippen LogP contribution is -2.39. The zero-order chi connectivity index (χ0) is 25.7. The van der Waals surface area contributed by atoms with Gasteiger partial charge in [-0.2, -0.15) is 0 Å². The summed E-state index contributed by atoms with van der Waals surface area (Å²) in [5.41, 5.74) is 5.40. The van der Waals surface area contributed by atoms with E-state index in [0.29, 0.717) is 25.9 Å². The van der Waals surface area contributed by atoms with Crippen LogP contribution >= 0.6 is 0 Å². The molecule has 0 saturated heterocycles. The Kier molecular flexibility index (Phi) is 8.28. The number of carbonyl (C=O) groups is 3. The third-order valence-corrected chi connectivity index (χ3v) is 7.30. The number of carboxylic acids is 1. The Labute approximate surface area is 213 Å². The maximum absolute atomic E-state index is 12.7. The predicted octanol–water partition coefficient (Wildman–Crippen LogP) is 4.64. The molecule has 1 N–H and O–H groups in total. The molecule has 1 aliphatic carbocycles. The van der Waals surface area contributed by atoms with Crippen molar-refractivity contribution < 1.29 is 24.2 Å². The van der Waals surface area contributed by atoms with Gasteiger partial charge in [0.15, 0.2) is 0 Å². The van der Waals surface area contributed by atoms with Crippen molar-refractivity contribution in [2.45, 2.75) is 64.0 Å². The minimum absolute atomic E-state index is 0.129. The maximum Gasteiger partial charge on any atom is 0.410 e. The van der Waals surface area contributed by atoms with Gasteiger partial charge in [0.1, 0.15) is 11.9 Å². The first-order valence-electron chi connectivity index (χ1n) is 12.8. The molecule has 0 spiro atoms. The van der Waals surface area contributed by atoms with E-state index in [-0.39, 0.29) is 30.3 Å². The number of carboxylic acid groups (broad SMARTS) is 1. The van der Waals surface area contributed by atoms with Gasteiger partial charge in [-0.25, -0.2) is 4.79 Å². The summed E-state index contributed by atoms with van der Waals surface area (Å²) < 4.78 is 5.75. The fraction of sp³-hybridized carbons (Fsp3) is 0.483. The predicted molar refractivity (Wildman–Crippen MR) is 138 cm³/mol. The third kappa shape index (κ3) is 6.86. The normalized spacial score (nSPS) is 19.3. The Morgan fingerprint density at radius 2 is 1.69 bits per heavy atom. The molecule has 36 heavy (non-hydrogen) atoms. The molecule has 0 bridgehead atoms. The van der Waals surface area contributed by atoms with Gasteiger partial charge in [0.2, 0.25) is 0 Å². The summed E-state index contributed by atoms with van der Waals surface area (Å²) >= 11 is 0. The molecule has 1 fully saturated rings. The number of hydrogen-bond donors (Lipinski definition) is 1. The van der Waals surface area contributed by atoms with Gasteiger partial charge in [-0.05, 0) is 72.4 Å². The van der Waals surface area contributed by atoms with E-state index in [9.17, 15) is 14.4 Å². The number of ether oxygens (including phenoxy) is 1. The molecule has 0 aromatic heterocycles. The van der Waals surface area contributed by atoms with Gasteiger partial charge in [-0.1, -0.05) is 30.3 Å². The second kappa shape index (κ2) is 11.6. The van der Waals surface area contributed by atoms with E-state index in [4.69, 9.17) is 9.84 Å². The second-order valence-electron chi connectivity index (χ2n) is 10.4. The standard InChI is InChI=1S/C29H36N2O5/c1-30(2)25-5-3-4-21(15-25)16-26(32)17-22-6-9-24-19-31(13-12-23(24)14-22)29(35)36-27-10-7-20(8-11-27)18-28(33)34/h3-6,9,14-15,20,27H,7-8,10-13,16-19H2,1-2H3,(H,33,34). The monoisotopic (exact) mass is 492 g/mol. The van der Waals surface area contributed by atoms with Gasteiger partial charge in [0, 0.05) is 52.1 Å². The summed E-state index contributed by atoms with van der Waals surface area (Å²) in [5.74, 6) is -0.390. The number of nitrogens with zero attached hydrogens (tertiary/aromatic N) is 2. The van der Waals surface area contributed by atoms with Crippen molar-refractivity contribution >= 4 is 23.5 Å². The first-order chi connectivity index (χ1) is 17.3. The fourth-order valence-corrected chi connectivity index (χ4v) is 5.25. The topological polar surface area (TPSA) is 87.2 Å². The molecule has 2 aliphatic rings. The van der Waals surface area contributed by atoms with Crippen LogP contribution in [0.25, 0.3) is 0 Å². The Hall–Kier alpha value is -3.35. The summed E-state index contributed by atoms with van der Waals surface area (Å²) in [4.78, 5) is 40.2. The Balaban J connectivity index is 1.27. The summed E-state index contributed by atoms with van der Waals surface area (Å²) in [5, 5.41) is 8.96. The van der Waals surface area contributed by atoms with E-state index < -0.39 is 5.97 Å². The SMILES string of the molecule is CN(C)c1cccc(CC(=O)Cc2ccc3c(c2)CCN(C(=O)OC2CCC(CC(=O)O)CC2)C3)c1. The van der Waals surface area contributed by atoms with Crippen molar-refractivity contribution in [1.29, 1.82) is 0 Å². The van der Waals surface area contributed by atoms with E-state index in [0.717, 1.165) is 54.5 Å². The number of aliphatic carboxylic acids is 1. The minimum atomic E-state index is -0.759. The van der Waals surface area contributed by atoms with Crippen molar-refractivity contribution in [1.82, 2.24) is 4.90 Å². The number of ketones is 1. The van der Waals surface area contributed by atoms with Crippen molar-refractivity contribution in [2.75, 3.05) is 25.5 Å². The summed E-state index contributed by atoms with van der Waals surface area (Å²) in [6, 6.07) is 14.2. The molecule has 1 heterocycles. The molecule has 0 radical (unpaired) electrons. The lowest BCUT2D eigenvalue weighted by atomic mass is 9.85. The lowest BCUT2D eigenvalue weighted by molar-refractivity contribution is -0.138. The molecule has 1 saturated carbocycles. The highest BCUT2D eigenvalue weighted by atomic mass is 16.6. The average molecular weight is 493 g/mol. The van der Waals surface area contributed by atoms with Gasteiger partial charge < -0.3 is 19.6 Å². The lowest BCUT2D eigenvalue weighted by Gasteiger charge is -2.32. The van der Waals surface area contributed by atoms with E-state index in [1.54, 1.807) is 4.90 Å². The van der Waals surface area contributed by atoms with Gasteiger partial charge in [-0.15, -0.1) is 0 Å². The van der Waals surface area contributed by atoms with Gasteiger partial charge in [0.05, 0.1) is 0 Å². The molecule has 2 aromatic rings. The van der Waals surface area contributed by atoms with Crippen LogP contribution in [0.5, 0.6) is 0 Å². The number of hydrogen-bond acceptors (Lipinski definition) is 5. The molecular weight excluding hydrogens is 456 g/mol. The van der Waals surface area contributed by atoms with Crippen molar-refractivity contribution in [3.63, 3.8) is 0 Å². The molecule has 192 valence electrons. The quantitative estimate of drug-likeness (QED) is 0.578. The zero-order valence-corrected chi connectivity index (χ0v) is 21.2. The van der Waals surface area contributed by atoms with Crippen LogP contribution in [0.3, 0.4) is 0 Å². The number of carbonyl (C=O) groups excluding carboxylic acids is 2. The maximum atomic E-state index is 12.7. The van der Waals surface area contributed by atoms with Gasteiger partial charge >= 0.3 is 12.1 Å². The van der Waals surface area contributed by atoms with E-state index >= 15 is 0 Å². The van der Waals surface area contributed by atoms with Crippen LogP contribution < -0.4 is 4.90 Å². The molecule has 7 nitrogen and oxygen atoms in total. The summed E-state index contributed by atoms with van der Waals surface area (Å²) in [7, 11) is 3.98. The molecule has 4 rings (SSSR count).